The molecule has 3 rings (SSSR count). The number of benzene rings is 1. The van der Waals surface area contributed by atoms with Crippen LogP contribution in [-0.4, -0.2) is 37.6 Å². The fourth-order valence-corrected chi connectivity index (χ4v) is 2.42. The molecule has 1 saturated heterocycles. The van der Waals surface area contributed by atoms with E-state index < -0.39 is 0 Å². The zero-order valence-corrected chi connectivity index (χ0v) is 10.9. The predicted molar refractivity (Wildman–Crippen MR) is 74.9 cm³/mol. The molecule has 98 valence electrons. The van der Waals surface area contributed by atoms with E-state index in [9.17, 15) is 4.79 Å². The SMILES string of the molecule is Cc1cc(N2CCOCC2)nc2ccc(C=O)cc12. The Hall–Kier alpha value is -1.94. The van der Waals surface area contributed by atoms with Gasteiger partial charge in [-0.05, 0) is 36.8 Å². The molecule has 0 atom stereocenters. The van der Waals surface area contributed by atoms with Crippen LogP contribution in [0, 0.1) is 6.92 Å². The maximum atomic E-state index is 10.8. The zero-order chi connectivity index (χ0) is 13.2. The van der Waals surface area contributed by atoms with Crippen molar-refractivity contribution in [3.8, 4) is 0 Å². The maximum absolute atomic E-state index is 10.8. The van der Waals surface area contributed by atoms with Gasteiger partial charge >= 0.3 is 0 Å². The number of fused-ring (bicyclic) bond motifs is 1. The number of aromatic nitrogens is 1. The highest BCUT2D eigenvalue weighted by Gasteiger charge is 2.14. The van der Waals surface area contributed by atoms with E-state index in [1.807, 2.05) is 18.2 Å². The van der Waals surface area contributed by atoms with E-state index in [1.54, 1.807) is 0 Å². The van der Waals surface area contributed by atoms with Crippen molar-refractivity contribution < 1.29 is 9.53 Å². The lowest BCUT2D eigenvalue weighted by Gasteiger charge is -2.28. The Bertz CT molecular complexity index is 619. The van der Waals surface area contributed by atoms with E-state index in [1.165, 1.54) is 0 Å². The van der Waals surface area contributed by atoms with Crippen LogP contribution in [0.2, 0.25) is 0 Å². The lowest BCUT2D eigenvalue weighted by Crippen LogP contribution is -2.36. The summed E-state index contributed by atoms with van der Waals surface area (Å²) in [5, 5.41) is 1.04. The van der Waals surface area contributed by atoms with Gasteiger partial charge in [-0.3, -0.25) is 4.79 Å². The van der Waals surface area contributed by atoms with Gasteiger partial charge in [0.15, 0.2) is 0 Å². The Morgan fingerprint density at radius 2 is 2.05 bits per heavy atom. The van der Waals surface area contributed by atoms with Crippen molar-refractivity contribution in [1.29, 1.82) is 0 Å². The molecule has 0 aliphatic carbocycles. The van der Waals surface area contributed by atoms with E-state index in [2.05, 4.69) is 22.9 Å². The molecule has 2 aromatic rings. The molecule has 1 fully saturated rings. The molecule has 19 heavy (non-hydrogen) atoms. The number of morpholine rings is 1. The Labute approximate surface area is 112 Å². The average molecular weight is 256 g/mol. The van der Waals surface area contributed by atoms with Crippen LogP contribution < -0.4 is 4.90 Å². The molecule has 0 bridgehead atoms. The second kappa shape index (κ2) is 4.97. The number of hydrogen-bond acceptors (Lipinski definition) is 4. The zero-order valence-electron chi connectivity index (χ0n) is 10.9. The topological polar surface area (TPSA) is 42.4 Å². The lowest BCUT2D eigenvalue weighted by molar-refractivity contribution is 0.112. The molecular weight excluding hydrogens is 240 g/mol. The Morgan fingerprint density at radius 3 is 2.79 bits per heavy atom. The van der Waals surface area contributed by atoms with Crippen LogP contribution in [0.4, 0.5) is 5.82 Å². The standard InChI is InChI=1S/C15H16N2O2/c1-11-8-15(17-4-6-19-7-5-17)16-14-3-2-12(10-18)9-13(11)14/h2-3,8-10H,4-7H2,1H3. The molecule has 1 aliphatic heterocycles. The van der Waals surface area contributed by atoms with Crippen molar-refractivity contribution in [3.63, 3.8) is 0 Å². The fourth-order valence-electron chi connectivity index (χ4n) is 2.42. The minimum Gasteiger partial charge on any atom is -0.378 e. The van der Waals surface area contributed by atoms with Crippen molar-refractivity contribution in [1.82, 2.24) is 4.98 Å². The van der Waals surface area contributed by atoms with Crippen molar-refractivity contribution in [3.05, 3.63) is 35.4 Å². The monoisotopic (exact) mass is 256 g/mol. The van der Waals surface area contributed by atoms with E-state index in [4.69, 9.17) is 4.74 Å². The molecule has 2 heterocycles. The number of carbonyl (C=O) groups is 1. The third-order valence-corrected chi connectivity index (χ3v) is 3.50. The minimum atomic E-state index is 0.691. The molecule has 0 saturated carbocycles. The number of nitrogens with zero attached hydrogens (tertiary/aromatic N) is 2. The number of carbonyl (C=O) groups excluding carboxylic acids is 1. The number of aldehydes is 1. The van der Waals surface area contributed by atoms with E-state index in [0.717, 1.165) is 54.9 Å². The second-order valence-electron chi connectivity index (χ2n) is 4.79. The number of ether oxygens (including phenoxy) is 1. The number of anilines is 1. The van der Waals surface area contributed by atoms with Gasteiger partial charge in [0.2, 0.25) is 0 Å². The molecular formula is C15H16N2O2. The largest absolute Gasteiger partial charge is 0.378 e. The summed E-state index contributed by atoms with van der Waals surface area (Å²) in [5.74, 6) is 0.993. The first-order chi connectivity index (χ1) is 9.28. The summed E-state index contributed by atoms with van der Waals surface area (Å²) >= 11 is 0. The first-order valence-corrected chi connectivity index (χ1v) is 6.47. The van der Waals surface area contributed by atoms with Crippen LogP contribution in [0.5, 0.6) is 0 Å². The van der Waals surface area contributed by atoms with Crippen LogP contribution in [0.25, 0.3) is 10.9 Å². The first kappa shape index (κ1) is 12.1. The van der Waals surface area contributed by atoms with Gasteiger partial charge in [0, 0.05) is 24.0 Å². The summed E-state index contributed by atoms with van der Waals surface area (Å²) in [6.07, 6.45) is 0.870. The summed E-state index contributed by atoms with van der Waals surface area (Å²) in [7, 11) is 0. The third-order valence-electron chi connectivity index (χ3n) is 3.50. The van der Waals surface area contributed by atoms with E-state index in [-0.39, 0.29) is 0 Å². The first-order valence-electron chi connectivity index (χ1n) is 6.47. The van der Waals surface area contributed by atoms with Crippen LogP contribution in [0.3, 0.4) is 0 Å². The van der Waals surface area contributed by atoms with Crippen molar-refractivity contribution in [2.75, 3.05) is 31.2 Å². The Morgan fingerprint density at radius 1 is 1.26 bits per heavy atom. The Balaban J connectivity index is 2.06. The van der Waals surface area contributed by atoms with Gasteiger partial charge in [0.1, 0.15) is 12.1 Å². The summed E-state index contributed by atoms with van der Waals surface area (Å²) in [5.41, 5.74) is 2.78. The highest BCUT2D eigenvalue weighted by atomic mass is 16.5. The number of aryl methyl sites for hydroxylation is 1. The molecule has 0 N–H and O–H groups in total. The summed E-state index contributed by atoms with van der Waals surface area (Å²) in [6.45, 7) is 5.32. The number of hydrogen-bond donors (Lipinski definition) is 0. The predicted octanol–water partition coefficient (Wildman–Crippen LogP) is 2.19. The van der Waals surface area contributed by atoms with Crippen molar-refractivity contribution in [2.24, 2.45) is 0 Å². The molecule has 1 aromatic carbocycles. The molecule has 0 amide bonds. The van der Waals surface area contributed by atoms with Crippen molar-refractivity contribution >= 4 is 23.0 Å². The smallest absolute Gasteiger partial charge is 0.150 e. The summed E-state index contributed by atoms with van der Waals surface area (Å²) in [4.78, 5) is 17.8. The minimum absolute atomic E-state index is 0.691. The molecule has 1 aromatic heterocycles. The third kappa shape index (κ3) is 2.31. The van der Waals surface area contributed by atoms with Gasteiger partial charge in [-0.2, -0.15) is 0 Å². The van der Waals surface area contributed by atoms with Crippen LogP contribution >= 0.6 is 0 Å². The van der Waals surface area contributed by atoms with E-state index >= 15 is 0 Å². The highest BCUT2D eigenvalue weighted by Crippen LogP contribution is 2.23. The van der Waals surface area contributed by atoms with Gasteiger partial charge in [0.05, 0.1) is 18.7 Å². The summed E-state index contributed by atoms with van der Waals surface area (Å²) in [6, 6.07) is 7.71. The molecule has 4 nitrogen and oxygen atoms in total. The molecule has 4 heteroatoms. The Kier molecular flexibility index (Phi) is 3.17. The normalized spacial score (nSPS) is 15.7. The number of pyridine rings is 1. The van der Waals surface area contributed by atoms with Gasteiger partial charge in [0.25, 0.3) is 0 Å². The van der Waals surface area contributed by atoms with Crippen LogP contribution in [0.1, 0.15) is 15.9 Å². The van der Waals surface area contributed by atoms with Gasteiger partial charge < -0.3 is 9.64 Å². The second-order valence-corrected chi connectivity index (χ2v) is 4.79. The quantitative estimate of drug-likeness (QED) is 0.772. The van der Waals surface area contributed by atoms with Gasteiger partial charge in [-0.15, -0.1) is 0 Å². The van der Waals surface area contributed by atoms with Gasteiger partial charge in [-0.1, -0.05) is 0 Å². The van der Waals surface area contributed by atoms with Crippen LogP contribution in [0.15, 0.2) is 24.3 Å². The number of rotatable bonds is 2. The lowest BCUT2D eigenvalue weighted by atomic mass is 10.1. The van der Waals surface area contributed by atoms with E-state index in [0.29, 0.717) is 5.56 Å². The highest BCUT2D eigenvalue weighted by molar-refractivity contribution is 5.89. The fraction of sp³-hybridized carbons (Fsp3) is 0.333. The average Bonchev–Trinajstić information content (AvgIpc) is 2.48. The van der Waals surface area contributed by atoms with Gasteiger partial charge in [-0.25, -0.2) is 4.98 Å². The van der Waals surface area contributed by atoms with Crippen LogP contribution in [-0.2, 0) is 4.74 Å². The molecule has 0 radical (unpaired) electrons. The molecule has 0 spiro atoms. The summed E-state index contributed by atoms with van der Waals surface area (Å²) < 4.78 is 5.36. The molecule has 1 aliphatic rings. The maximum Gasteiger partial charge on any atom is 0.150 e. The molecule has 0 unspecified atom stereocenters. The van der Waals surface area contributed by atoms with Crippen molar-refractivity contribution in [2.45, 2.75) is 6.92 Å².